The van der Waals surface area contributed by atoms with Crippen LogP contribution in [0.15, 0.2) is 59.3 Å². The molecule has 2 heterocycles. The summed E-state index contributed by atoms with van der Waals surface area (Å²) >= 11 is 3.36. The van der Waals surface area contributed by atoms with Crippen molar-refractivity contribution in [1.29, 1.82) is 0 Å². The highest BCUT2D eigenvalue weighted by molar-refractivity contribution is 9.10. The van der Waals surface area contributed by atoms with E-state index >= 15 is 0 Å². The lowest BCUT2D eigenvalue weighted by molar-refractivity contribution is -0.131. The summed E-state index contributed by atoms with van der Waals surface area (Å²) in [4.78, 5) is 26.7. The topological polar surface area (TPSA) is 102 Å². The highest BCUT2D eigenvalue weighted by atomic mass is 79.9. The minimum atomic E-state index is -1.18. The summed E-state index contributed by atoms with van der Waals surface area (Å²) in [7, 11) is 0. The first-order valence-electron chi connectivity index (χ1n) is 8.84. The lowest BCUT2D eigenvalue weighted by Gasteiger charge is -2.22. The van der Waals surface area contributed by atoms with Crippen LogP contribution in [0, 0.1) is 0 Å². The summed E-state index contributed by atoms with van der Waals surface area (Å²) in [5.41, 5.74) is 0.145. The predicted octanol–water partition coefficient (Wildman–Crippen LogP) is 2.27. The van der Waals surface area contributed by atoms with Crippen molar-refractivity contribution in [3.8, 4) is 11.4 Å². The summed E-state index contributed by atoms with van der Waals surface area (Å²) < 4.78 is 8.07. The van der Waals surface area contributed by atoms with Gasteiger partial charge >= 0.3 is 6.03 Å². The number of ether oxygens (including phenoxy) is 1. The molecule has 1 fully saturated rings. The molecule has 2 aromatic carbocycles. The molecule has 10 heteroatoms. The Bertz CT molecular complexity index is 1040. The number of amides is 3. The second-order valence-corrected chi connectivity index (χ2v) is 7.53. The number of halogens is 1. The van der Waals surface area contributed by atoms with E-state index in [0.717, 1.165) is 4.47 Å². The molecule has 3 amide bonds. The first-order valence-corrected chi connectivity index (χ1v) is 9.63. The molecule has 0 radical (unpaired) electrons. The average Bonchev–Trinajstić information content (AvgIpc) is 3.33. The molecular weight excluding hydrogens is 440 g/mol. The standard InChI is InChI=1S/C19H17BrN6O3/c1-19(13-3-2-4-15(11-13)26-12-21-23-24-26)17(27)25(18(28)22-19)9-10-29-16-7-5-14(20)6-8-16/h2-8,11-12H,9-10H2,1H3,(H,22,28)/t19-/m0/s1. The molecule has 1 aliphatic rings. The smallest absolute Gasteiger partial charge is 0.325 e. The fourth-order valence-corrected chi connectivity index (χ4v) is 3.38. The molecule has 1 saturated heterocycles. The van der Waals surface area contributed by atoms with Crippen LogP contribution >= 0.6 is 15.9 Å². The van der Waals surface area contributed by atoms with Crippen LogP contribution in [0.25, 0.3) is 5.69 Å². The van der Waals surface area contributed by atoms with Gasteiger partial charge in [-0.05, 0) is 59.3 Å². The molecule has 0 aliphatic carbocycles. The van der Waals surface area contributed by atoms with Gasteiger partial charge in [0.1, 0.15) is 24.2 Å². The molecule has 1 N–H and O–H groups in total. The number of nitrogens with one attached hydrogen (secondary N) is 1. The SMILES string of the molecule is C[C@@]1(c2cccc(-n3cnnn3)c2)NC(=O)N(CCOc2ccc(Br)cc2)C1=O. The van der Waals surface area contributed by atoms with Crippen molar-refractivity contribution in [3.63, 3.8) is 0 Å². The molecule has 29 heavy (non-hydrogen) atoms. The number of tetrazole rings is 1. The molecule has 0 saturated carbocycles. The summed E-state index contributed by atoms with van der Waals surface area (Å²) in [5.74, 6) is 0.327. The minimum Gasteiger partial charge on any atom is -0.492 e. The van der Waals surface area contributed by atoms with Crippen molar-refractivity contribution in [1.82, 2.24) is 30.4 Å². The number of urea groups is 1. The number of hydrogen-bond donors (Lipinski definition) is 1. The van der Waals surface area contributed by atoms with Crippen LogP contribution < -0.4 is 10.1 Å². The Labute approximate surface area is 174 Å². The van der Waals surface area contributed by atoms with E-state index in [1.54, 1.807) is 25.1 Å². The van der Waals surface area contributed by atoms with E-state index < -0.39 is 11.6 Å². The lowest BCUT2D eigenvalue weighted by atomic mass is 9.91. The van der Waals surface area contributed by atoms with Crippen LogP contribution in [0.1, 0.15) is 12.5 Å². The van der Waals surface area contributed by atoms with Crippen molar-refractivity contribution in [2.45, 2.75) is 12.5 Å². The largest absolute Gasteiger partial charge is 0.492 e. The summed E-state index contributed by atoms with van der Waals surface area (Å²) in [6.45, 7) is 2.02. The first-order chi connectivity index (χ1) is 14.0. The monoisotopic (exact) mass is 456 g/mol. The highest BCUT2D eigenvalue weighted by Gasteiger charge is 2.48. The van der Waals surface area contributed by atoms with Crippen LogP contribution in [0.2, 0.25) is 0 Å². The van der Waals surface area contributed by atoms with E-state index in [1.165, 1.54) is 15.9 Å². The third-order valence-electron chi connectivity index (χ3n) is 4.71. The predicted molar refractivity (Wildman–Crippen MR) is 106 cm³/mol. The summed E-state index contributed by atoms with van der Waals surface area (Å²) in [6.07, 6.45) is 1.46. The summed E-state index contributed by atoms with van der Waals surface area (Å²) in [5, 5.41) is 13.9. The Kier molecular flexibility index (Phi) is 5.01. The van der Waals surface area contributed by atoms with Crippen LogP contribution in [0.4, 0.5) is 4.79 Å². The first kappa shape index (κ1) is 19.1. The molecule has 1 aliphatic heterocycles. The second-order valence-electron chi connectivity index (χ2n) is 6.62. The van der Waals surface area contributed by atoms with Gasteiger partial charge in [-0.15, -0.1) is 5.10 Å². The van der Waals surface area contributed by atoms with E-state index in [4.69, 9.17) is 4.74 Å². The number of aromatic nitrogens is 4. The Hall–Kier alpha value is -3.27. The maximum atomic E-state index is 13.1. The van der Waals surface area contributed by atoms with E-state index in [0.29, 0.717) is 17.0 Å². The maximum absolute atomic E-state index is 13.1. The van der Waals surface area contributed by atoms with Crippen molar-refractivity contribution >= 4 is 27.9 Å². The third-order valence-corrected chi connectivity index (χ3v) is 5.24. The van der Waals surface area contributed by atoms with Gasteiger partial charge in [-0.25, -0.2) is 9.48 Å². The van der Waals surface area contributed by atoms with Gasteiger partial charge in [-0.1, -0.05) is 28.1 Å². The lowest BCUT2D eigenvalue weighted by Crippen LogP contribution is -2.41. The molecule has 1 aromatic heterocycles. The van der Waals surface area contributed by atoms with Crippen molar-refractivity contribution in [2.24, 2.45) is 0 Å². The number of carbonyl (C=O) groups is 2. The molecule has 0 spiro atoms. The van der Waals surface area contributed by atoms with Crippen LogP contribution in [0.5, 0.6) is 5.75 Å². The molecule has 1 atom stereocenters. The number of hydrogen-bond acceptors (Lipinski definition) is 6. The Morgan fingerprint density at radius 1 is 1.17 bits per heavy atom. The van der Waals surface area contributed by atoms with E-state index in [1.807, 2.05) is 30.3 Å². The number of rotatable bonds is 6. The quantitative estimate of drug-likeness (QED) is 0.570. The van der Waals surface area contributed by atoms with Crippen molar-refractivity contribution < 1.29 is 14.3 Å². The molecule has 0 bridgehead atoms. The second kappa shape index (κ2) is 7.63. The minimum absolute atomic E-state index is 0.142. The Morgan fingerprint density at radius 3 is 2.69 bits per heavy atom. The van der Waals surface area contributed by atoms with Crippen LogP contribution in [0.3, 0.4) is 0 Å². The van der Waals surface area contributed by atoms with Gasteiger partial charge in [0.05, 0.1) is 12.2 Å². The molecule has 3 aromatic rings. The van der Waals surface area contributed by atoms with Crippen molar-refractivity contribution in [2.75, 3.05) is 13.2 Å². The van der Waals surface area contributed by atoms with Gasteiger partial charge in [0.25, 0.3) is 5.91 Å². The molecule has 148 valence electrons. The number of nitrogens with zero attached hydrogens (tertiary/aromatic N) is 5. The van der Waals surface area contributed by atoms with E-state index in [2.05, 4.69) is 36.8 Å². The fourth-order valence-electron chi connectivity index (χ4n) is 3.12. The number of carbonyl (C=O) groups excluding carboxylic acids is 2. The van der Waals surface area contributed by atoms with Crippen molar-refractivity contribution in [3.05, 3.63) is 64.9 Å². The van der Waals surface area contributed by atoms with E-state index in [9.17, 15) is 9.59 Å². The van der Waals surface area contributed by atoms with E-state index in [-0.39, 0.29) is 19.1 Å². The molecule has 4 rings (SSSR count). The normalized spacial score (nSPS) is 18.8. The van der Waals surface area contributed by atoms with Gasteiger partial charge in [-0.2, -0.15) is 0 Å². The Morgan fingerprint density at radius 2 is 1.97 bits per heavy atom. The highest BCUT2D eigenvalue weighted by Crippen LogP contribution is 2.30. The maximum Gasteiger partial charge on any atom is 0.325 e. The zero-order chi connectivity index (χ0) is 20.4. The number of imide groups is 1. The summed E-state index contributed by atoms with van der Waals surface area (Å²) in [6, 6.07) is 14.0. The van der Waals surface area contributed by atoms with Crippen LogP contribution in [-0.4, -0.2) is 50.2 Å². The van der Waals surface area contributed by atoms with Gasteiger partial charge < -0.3 is 10.1 Å². The fraction of sp³-hybridized carbons (Fsp3) is 0.211. The zero-order valence-corrected chi connectivity index (χ0v) is 17.0. The zero-order valence-electron chi connectivity index (χ0n) is 15.4. The van der Waals surface area contributed by atoms with Gasteiger partial charge in [-0.3, -0.25) is 9.69 Å². The molecule has 0 unspecified atom stereocenters. The van der Waals surface area contributed by atoms with Gasteiger partial charge in [0, 0.05) is 4.47 Å². The van der Waals surface area contributed by atoms with Crippen LogP contribution in [-0.2, 0) is 10.3 Å². The van der Waals surface area contributed by atoms with Gasteiger partial charge in [0.15, 0.2) is 0 Å². The number of benzene rings is 2. The van der Waals surface area contributed by atoms with Gasteiger partial charge in [0.2, 0.25) is 0 Å². The molecule has 9 nitrogen and oxygen atoms in total. The molecular formula is C19H17BrN6O3. The average molecular weight is 457 g/mol. The Balaban J connectivity index is 1.48. The third kappa shape index (κ3) is 3.70.